The molecule has 21 heavy (non-hydrogen) atoms. The van der Waals surface area contributed by atoms with E-state index in [9.17, 15) is 9.90 Å². The lowest BCUT2D eigenvalue weighted by Gasteiger charge is -2.30. The normalized spacial score (nSPS) is 29.7. The van der Waals surface area contributed by atoms with Crippen molar-refractivity contribution in [2.75, 3.05) is 18.4 Å². The fraction of sp³-hybridized carbons (Fsp3) is 0.588. The second kappa shape index (κ2) is 6.58. The van der Waals surface area contributed by atoms with Gasteiger partial charge in [0.1, 0.15) is 0 Å². The molecule has 0 bridgehead atoms. The highest BCUT2D eigenvalue weighted by molar-refractivity contribution is 5.92. The highest BCUT2D eigenvalue weighted by atomic mass is 16.3. The van der Waals surface area contributed by atoms with E-state index >= 15 is 0 Å². The first-order chi connectivity index (χ1) is 10.2. The molecule has 0 spiro atoms. The summed E-state index contributed by atoms with van der Waals surface area (Å²) in [7, 11) is 0. The molecule has 1 saturated carbocycles. The summed E-state index contributed by atoms with van der Waals surface area (Å²) in [6.45, 7) is 1.40. The van der Waals surface area contributed by atoms with E-state index in [4.69, 9.17) is 0 Å². The molecule has 0 radical (unpaired) electrons. The molecule has 3 rings (SSSR count). The number of para-hydroxylation sites is 1. The van der Waals surface area contributed by atoms with Crippen LogP contribution in [-0.4, -0.2) is 41.1 Å². The number of hydrogen-bond donors (Lipinski definition) is 2. The Balaban J connectivity index is 1.57. The Morgan fingerprint density at radius 3 is 2.71 bits per heavy atom. The number of carbonyl (C=O) groups excluding carboxylic acids is 1. The van der Waals surface area contributed by atoms with Gasteiger partial charge >= 0.3 is 0 Å². The van der Waals surface area contributed by atoms with E-state index in [1.54, 1.807) is 0 Å². The molecule has 1 heterocycles. The van der Waals surface area contributed by atoms with Crippen molar-refractivity contribution in [1.82, 2.24) is 4.90 Å². The number of nitrogens with one attached hydrogen (secondary N) is 1. The molecule has 1 aliphatic heterocycles. The molecular formula is C17H24N2O2. The van der Waals surface area contributed by atoms with Crippen LogP contribution in [0.5, 0.6) is 0 Å². The summed E-state index contributed by atoms with van der Waals surface area (Å²) in [5.74, 6) is 0.401. The molecule has 1 amide bonds. The molecule has 2 aliphatic rings. The van der Waals surface area contributed by atoms with E-state index in [0.29, 0.717) is 18.5 Å². The van der Waals surface area contributed by atoms with Crippen molar-refractivity contribution in [3.05, 3.63) is 30.3 Å². The smallest absolute Gasteiger partial charge is 0.238 e. The van der Waals surface area contributed by atoms with Gasteiger partial charge in [-0.2, -0.15) is 0 Å². The molecule has 1 aliphatic carbocycles. The lowest BCUT2D eigenvalue weighted by atomic mass is 9.94. The molecule has 3 unspecified atom stereocenters. The summed E-state index contributed by atoms with van der Waals surface area (Å²) in [5.41, 5.74) is 0.846. The predicted molar refractivity (Wildman–Crippen MR) is 83.0 cm³/mol. The van der Waals surface area contributed by atoms with E-state index in [1.807, 2.05) is 30.3 Å². The highest BCUT2D eigenvalue weighted by Crippen LogP contribution is 2.35. The van der Waals surface area contributed by atoms with Gasteiger partial charge in [0.25, 0.3) is 0 Å². The molecule has 1 saturated heterocycles. The maximum absolute atomic E-state index is 12.2. The number of aliphatic hydroxyl groups excluding tert-OH is 1. The molecule has 4 heteroatoms. The molecule has 0 aromatic heterocycles. The standard InChI is InChI=1S/C17H24N2O2/c20-16-10-4-8-14(16)15-9-5-11-19(15)12-17(21)18-13-6-2-1-3-7-13/h1-3,6-7,14-16,20H,4-5,8-12H2,(H,18,21). The largest absolute Gasteiger partial charge is 0.393 e. The summed E-state index contributed by atoms with van der Waals surface area (Å²) < 4.78 is 0. The second-order valence-electron chi connectivity index (χ2n) is 6.26. The fourth-order valence-electron chi connectivity index (χ4n) is 3.86. The van der Waals surface area contributed by atoms with Crippen molar-refractivity contribution in [3.8, 4) is 0 Å². The van der Waals surface area contributed by atoms with Gasteiger partial charge in [-0.05, 0) is 44.4 Å². The summed E-state index contributed by atoms with van der Waals surface area (Å²) in [5, 5.41) is 13.1. The highest BCUT2D eigenvalue weighted by Gasteiger charge is 2.38. The summed E-state index contributed by atoms with van der Waals surface area (Å²) in [6.07, 6.45) is 5.21. The van der Waals surface area contributed by atoms with E-state index in [0.717, 1.165) is 44.3 Å². The Morgan fingerprint density at radius 2 is 2.00 bits per heavy atom. The number of aliphatic hydroxyl groups is 1. The number of carbonyl (C=O) groups is 1. The maximum Gasteiger partial charge on any atom is 0.238 e. The summed E-state index contributed by atoms with van der Waals surface area (Å²) >= 11 is 0. The predicted octanol–water partition coefficient (Wildman–Crippen LogP) is 2.25. The van der Waals surface area contributed by atoms with E-state index < -0.39 is 0 Å². The third-order valence-corrected chi connectivity index (χ3v) is 4.84. The van der Waals surface area contributed by atoms with Crippen LogP contribution >= 0.6 is 0 Å². The Morgan fingerprint density at radius 1 is 1.19 bits per heavy atom. The number of nitrogens with zero attached hydrogens (tertiary/aromatic N) is 1. The van der Waals surface area contributed by atoms with Crippen molar-refractivity contribution in [2.45, 2.75) is 44.2 Å². The molecule has 2 fully saturated rings. The zero-order chi connectivity index (χ0) is 14.7. The first-order valence-corrected chi connectivity index (χ1v) is 8.01. The monoisotopic (exact) mass is 288 g/mol. The van der Waals surface area contributed by atoms with Gasteiger partial charge in [-0.15, -0.1) is 0 Å². The SMILES string of the molecule is O=C(CN1CCCC1C1CCCC1O)Nc1ccccc1. The number of likely N-dealkylation sites (tertiary alicyclic amines) is 1. The van der Waals surface area contributed by atoms with E-state index in [2.05, 4.69) is 10.2 Å². The lowest BCUT2D eigenvalue weighted by molar-refractivity contribution is -0.117. The molecule has 1 aromatic carbocycles. The van der Waals surface area contributed by atoms with Gasteiger partial charge in [-0.3, -0.25) is 9.69 Å². The number of benzene rings is 1. The van der Waals surface area contributed by atoms with Gasteiger partial charge in [0.05, 0.1) is 12.6 Å². The van der Waals surface area contributed by atoms with E-state index in [1.165, 1.54) is 0 Å². The minimum Gasteiger partial charge on any atom is -0.393 e. The Kier molecular flexibility index (Phi) is 4.56. The minimum absolute atomic E-state index is 0.0422. The average molecular weight is 288 g/mol. The van der Waals surface area contributed by atoms with Gasteiger partial charge in [-0.25, -0.2) is 0 Å². The number of amides is 1. The Bertz CT molecular complexity index is 477. The maximum atomic E-state index is 12.2. The van der Waals surface area contributed by atoms with Crippen LogP contribution in [0.15, 0.2) is 30.3 Å². The first kappa shape index (κ1) is 14.5. The second-order valence-corrected chi connectivity index (χ2v) is 6.26. The van der Waals surface area contributed by atoms with Crippen molar-refractivity contribution < 1.29 is 9.90 Å². The van der Waals surface area contributed by atoms with Crippen molar-refractivity contribution >= 4 is 11.6 Å². The average Bonchev–Trinajstić information content (AvgIpc) is 3.08. The van der Waals surface area contributed by atoms with Crippen LogP contribution < -0.4 is 5.32 Å². The Hall–Kier alpha value is -1.39. The van der Waals surface area contributed by atoms with E-state index in [-0.39, 0.29) is 12.0 Å². The molecule has 1 aromatic rings. The summed E-state index contributed by atoms with van der Waals surface area (Å²) in [6, 6.07) is 9.96. The van der Waals surface area contributed by atoms with Gasteiger partial charge in [0, 0.05) is 17.6 Å². The van der Waals surface area contributed by atoms with Gasteiger partial charge < -0.3 is 10.4 Å². The molecule has 114 valence electrons. The quantitative estimate of drug-likeness (QED) is 0.893. The van der Waals surface area contributed by atoms with Crippen molar-refractivity contribution in [2.24, 2.45) is 5.92 Å². The zero-order valence-corrected chi connectivity index (χ0v) is 12.4. The van der Waals surface area contributed by atoms with Crippen LogP contribution in [0.1, 0.15) is 32.1 Å². The number of hydrogen-bond acceptors (Lipinski definition) is 3. The lowest BCUT2D eigenvalue weighted by Crippen LogP contribution is -2.42. The van der Waals surface area contributed by atoms with Crippen LogP contribution in [0, 0.1) is 5.92 Å². The van der Waals surface area contributed by atoms with Crippen LogP contribution in [0.25, 0.3) is 0 Å². The van der Waals surface area contributed by atoms with Gasteiger partial charge in [-0.1, -0.05) is 24.6 Å². The summed E-state index contributed by atoms with van der Waals surface area (Å²) in [4.78, 5) is 14.5. The molecule has 4 nitrogen and oxygen atoms in total. The molecule has 2 N–H and O–H groups in total. The van der Waals surface area contributed by atoms with Crippen LogP contribution in [0.3, 0.4) is 0 Å². The number of anilines is 1. The minimum atomic E-state index is -0.173. The van der Waals surface area contributed by atoms with Crippen LogP contribution in [0.2, 0.25) is 0 Å². The third kappa shape index (κ3) is 3.44. The zero-order valence-electron chi connectivity index (χ0n) is 12.4. The van der Waals surface area contributed by atoms with Crippen molar-refractivity contribution in [1.29, 1.82) is 0 Å². The van der Waals surface area contributed by atoms with Crippen molar-refractivity contribution in [3.63, 3.8) is 0 Å². The van der Waals surface area contributed by atoms with Crippen LogP contribution in [-0.2, 0) is 4.79 Å². The Labute approximate surface area is 126 Å². The number of rotatable bonds is 4. The third-order valence-electron chi connectivity index (χ3n) is 4.84. The van der Waals surface area contributed by atoms with Gasteiger partial charge in [0.2, 0.25) is 5.91 Å². The fourth-order valence-corrected chi connectivity index (χ4v) is 3.86. The first-order valence-electron chi connectivity index (χ1n) is 8.01. The van der Waals surface area contributed by atoms with Gasteiger partial charge in [0.15, 0.2) is 0 Å². The molecule has 3 atom stereocenters. The topological polar surface area (TPSA) is 52.6 Å². The van der Waals surface area contributed by atoms with Crippen LogP contribution in [0.4, 0.5) is 5.69 Å². The molecular weight excluding hydrogens is 264 g/mol.